The van der Waals surface area contributed by atoms with Crippen LogP contribution in [0.15, 0.2) is 36.4 Å². The molecule has 0 heterocycles. The van der Waals surface area contributed by atoms with E-state index in [2.05, 4.69) is 44.2 Å². The quantitative estimate of drug-likeness (QED) is 0.224. The lowest BCUT2D eigenvalue weighted by molar-refractivity contribution is 0.396. The number of hydrogen-bond donors (Lipinski definition) is 2. The molecule has 0 fully saturated rings. The van der Waals surface area contributed by atoms with Crippen molar-refractivity contribution < 1.29 is 10.0 Å². The molecule has 0 bridgehead atoms. The molecule has 2 aromatic carbocycles. The summed E-state index contributed by atoms with van der Waals surface area (Å²) < 4.78 is 0. The Hall–Kier alpha value is -1.58. The highest BCUT2D eigenvalue weighted by molar-refractivity contribution is 6.45. The van der Waals surface area contributed by atoms with E-state index in [1.165, 1.54) is 105 Å². The van der Waals surface area contributed by atoms with E-state index in [0.717, 1.165) is 18.4 Å². The second kappa shape index (κ2) is 13.2. The van der Waals surface area contributed by atoms with Gasteiger partial charge in [-0.25, -0.2) is 0 Å². The first kappa shape index (κ1) is 25.1. The van der Waals surface area contributed by atoms with E-state index in [4.69, 9.17) is 0 Å². The molecule has 3 rings (SSSR count). The largest absolute Gasteiger partial charge is 0.464 e. The van der Waals surface area contributed by atoms with Gasteiger partial charge in [0.2, 0.25) is 0 Å². The minimum Gasteiger partial charge on any atom is -0.426 e. The van der Waals surface area contributed by atoms with Crippen molar-refractivity contribution in [2.24, 2.45) is 0 Å². The van der Waals surface area contributed by atoms with Crippen LogP contribution < -0.4 is 0 Å². The standard InChI is InChI=1S/C29H43BO2/c1-3-5-7-9-11-13-17-23-21-22-26-25-19-15-16-20-27(25)29(30(31)32)28(26)24(23)18-14-12-10-8-6-4-2/h15-16,19-22,29,31-32H,3-14,17-18H2,1-2H3. The fourth-order valence-corrected chi connectivity index (χ4v) is 5.49. The lowest BCUT2D eigenvalue weighted by Gasteiger charge is -2.20. The SMILES string of the molecule is CCCCCCCCc1ccc2c(c1CCCCCCCC)C(B(O)O)c1ccccc1-2. The van der Waals surface area contributed by atoms with Gasteiger partial charge in [0.05, 0.1) is 0 Å². The van der Waals surface area contributed by atoms with Crippen LogP contribution in [-0.2, 0) is 12.8 Å². The van der Waals surface area contributed by atoms with Gasteiger partial charge >= 0.3 is 7.12 Å². The Labute approximate surface area is 196 Å². The van der Waals surface area contributed by atoms with Gasteiger partial charge in [-0.05, 0) is 59.1 Å². The molecule has 0 saturated heterocycles. The van der Waals surface area contributed by atoms with Gasteiger partial charge in [-0.2, -0.15) is 0 Å². The van der Waals surface area contributed by atoms with Crippen LogP contribution in [0.25, 0.3) is 11.1 Å². The zero-order chi connectivity index (χ0) is 22.8. The highest BCUT2D eigenvalue weighted by Gasteiger charge is 2.38. The van der Waals surface area contributed by atoms with Crippen LogP contribution >= 0.6 is 0 Å². The first-order chi connectivity index (χ1) is 15.7. The molecular weight excluding hydrogens is 391 g/mol. The Morgan fingerprint density at radius 2 is 1.25 bits per heavy atom. The maximum absolute atomic E-state index is 10.4. The topological polar surface area (TPSA) is 40.5 Å². The first-order valence-corrected chi connectivity index (χ1v) is 13.3. The van der Waals surface area contributed by atoms with Crippen molar-refractivity contribution in [1.82, 2.24) is 0 Å². The summed E-state index contributed by atoms with van der Waals surface area (Å²) in [6.45, 7) is 4.53. The van der Waals surface area contributed by atoms with E-state index in [0.29, 0.717) is 0 Å². The summed E-state index contributed by atoms with van der Waals surface area (Å²) in [5.74, 6) is -0.319. The minimum absolute atomic E-state index is 0.319. The van der Waals surface area contributed by atoms with Gasteiger partial charge < -0.3 is 10.0 Å². The molecule has 0 saturated carbocycles. The van der Waals surface area contributed by atoms with Crippen molar-refractivity contribution in [2.45, 2.75) is 110 Å². The van der Waals surface area contributed by atoms with Crippen molar-refractivity contribution >= 4 is 7.12 Å². The summed E-state index contributed by atoms with van der Waals surface area (Å²) >= 11 is 0. The van der Waals surface area contributed by atoms with Gasteiger partial charge in [-0.15, -0.1) is 0 Å². The molecule has 0 aliphatic heterocycles. The number of rotatable bonds is 15. The van der Waals surface area contributed by atoms with Gasteiger partial charge in [0.15, 0.2) is 0 Å². The van der Waals surface area contributed by atoms with Gasteiger partial charge in [0.1, 0.15) is 0 Å². The summed E-state index contributed by atoms with van der Waals surface area (Å²) in [6, 6.07) is 12.9. The molecule has 174 valence electrons. The highest BCUT2D eigenvalue weighted by atomic mass is 16.4. The summed E-state index contributed by atoms with van der Waals surface area (Å²) in [5.41, 5.74) is 7.49. The number of benzene rings is 2. The van der Waals surface area contributed by atoms with E-state index >= 15 is 0 Å². The van der Waals surface area contributed by atoms with Gasteiger partial charge in [-0.1, -0.05) is 114 Å². The number of aryl methyl sites for hydroxylation is 1. The molecule has 2 nitrogen and oxygen atoms in total. The van der Waals surface area contributed by atoms with E-state index in [9.17, 15) is 10.0 Å². The predicted molar refractivity (Wildman–Crippen MR) is 138 cm³/mol. The molecule has 1 aliphatic carbocycles. The summed E-state index contributed by atoms with van der Waals surface area (Å²) in [7, 11) is -1.36. The molecule has 2 aromatic rings. The first-order valence-electron chi connectivity index (χ1n) is 13.3. The third kappa shape index (κ3) is 6.26. The average Bonchev–Trinajstić information content (AvgIpc) is 3.14. The van der Waals surface area contributed by atoms with Crippen LogP contribution in [0.1, 0.15) is 119 Å². The van der Waals surface area contributed by atoms with Crippen molar-refractivity contribution in [2.75, 3.05) is 0 Å². The molecule has 32 heavy (non-hydrogen) atoms. The zero-order valence-corrected chi connectivity index (χ0v) is 20.4. The fourth-order valence-electron chi connectivity index (χ4n) is 5.49. The molecule has 1 atom stereocenters. The summed E-state index contributed by atoms with van der Waals surface area (Å²) in [6.07, 6.45) is 17.7. The summed E-state index contributed by atoms with van der Waals surface area (Å²) in [5, 5.41) is 20.8. The molecule has 1 aliphatic rings. The van der Waals surface area contributed by atoms with Crippen LogP contribution in [0, 0.1) is 0 Å². The van der Waals surface area contributed by atoms with Crippen LogP contribution in [-0.4, -0.2) is 17.2 Å². The zero-order valence-electron chi connectivity index (χ0n) is 20.4. The molecule has 0 aromatic heterocycles. The Balaban J connectivity index is 1.81. The van der Waals surface area contributed by atoms with E-state index < -0.39 is 7.12 Å². The van der Waals surface area contributed by atoms with E-state index in [1.54, 1.807) is 0 Å². The Morgan fingerprint density at radius 3 is 1.91 bits per heavy atom. The minimum atomic E-state index is -1.36. The Bertz CT molecular complexity index is 830. The number of unbranched alkanes of at least 4 members (excludes halogenated alkanes) is 10. The van der Waals surface area contributed by atoms with Crippen LogP contribution in [0.4, 0.5) is 0 Å². The van der Waals surface area contributed by atoms with Gasteiger partial charge in [0.25, 0.3) is 0 Å². The van der Waals surface area contributed by atoms with Crippen molar-refractivity contribution in [1.29, 1.82) is 0 Å². The average molecular weight is 434 g/mol. The van der Waals surface area contributed by atoms with Crippen LogP contribution in [0.2, 0.25) is 0 Å². The lowest BCUT2D eigenvalue weighted by atomic mass is 9.65. The number of fused-ring (bicyclic) bond motifs is 3. The molecular formula is C29H43BO2. The number of hydrogen-bond acceptors (Lipinski definition) is 2. The summed E-state index contributed by atoms with van der Waals surface area (Å²) in [4.78, 5) is 0. The molecule has 0 amide bonds. The van der Waals surface area contributed by atoms with Gasteiger partial charge in [-0.3, -0.25) is 0 Å². The molecule has 3 heteroatoms. The molecule has 0 radical (unpaired) electrons. The van der Waals surface area contributed by atoms with E-state index in [1.807, 2.05) is 6.07 Å². The lowest BCUT2D eigenvalue weighted by Crippen LogP contribution is -2.24. The Kier molecular flexibility index (Phi) is 10.3. The fraction of sp³-hybridized carbons (Fsp3) is 0.586. The molecule has 1 unspecified atom stereocenters. The second-order valence-corrected chi connectivity index (χ2v) is 9.68. The van der Waals surface area contributed by atoms with Crippen LogP contribution in [0.5, 0.6) is 0 Å². The molecule has 2 N–H and O–H groups in total. The monoisotopic (exact) mass is 434 g/mol. The third-order valence-electron chi connectivity index (χ3n) is 7.23. The van der Waals surface area contributed by atoms with Crippen molar-refractivity contribution in [3.05, 3.63) is 58.7 Å². The Morgan fingerprint density at radius 1 is 0.656 bits per heavy atom. The van der Waals surface area contributed by atoms with E-state index in [-0.39, 0.29) is 5.82 Å². The maximum Gasteiger partial charge on any atom is 0.464 e. The molecule has 0 spiro atoms. The highest BCUT2D eigenvalue weighted by Crippen LogP contribution is 2.48. The maximum atomic E-state index is 10.4. The smallest absolute Gasteiger partial charge is 0.426 e. The predicted octanol–water partition coefficient (Wildman–Crippen LogP) is 7.62. The van der Waals surface area contributed by atoms with Gasteiger partial charge in [0, 0.05) is 5.82 Å². The van der Waals surface area contributed by atoms with Crippen LogP contribution in [0.3, 0.4) is 0 Å². The normalized spacial score (nSPS) is 14.4. The third-order valence-corrected chi connectivity index (χ3v) is 7.23. The van der Waals surface area contributed by atoms with Crippen molar-refractivity contribution in [3.8, 4) is 11.1 Å². The second-order valence-electron chi connectivity index (χ2n) is 9.68. The van der Waals surface area contributed by atoms with Crippen molar-refractivity contribution in [3.63, 3.8) is 0 Å².